The number of carbonyl (C=O) groups is 1. The molecule has 2 fully saturated rings. The van der Waals surface area contributed by atoms with Gasteiger partial charge in [0.25, 0.3) is 0 Å². The summed E-state index contributed by atoms with van der Waals surface area (Å²) < 4.78 is 21.7. The van der Waals surface area contributed by atoms with Crippen LogP contribution in [0.1, 0.15) is 6.42 Å². The molecule has 1 atom stereocenters. The molecule has 23 heavy (non-hydrogen) atoms. The molecule has 0 unspecified atom stereocenters. The lowest BCUT2D eigenvalue weighted by Crippen LogP contribution is -2.56. The number of rotatable bonds is 4. The summed E-state index contributed by atoms with van der Waals surface area (Å²) in [7, 11) is 0. The van der Waals surface area contributed by atoms with Crippen molar-refractivity contribution >= 4 is 11.7 Å². The van der Waals surface area contributed by atoms with Gasteiger partial charge in [0.2, 0.25) is 6.79 Å². The van der Waals surface area contributed by atoms with Crippen LogP contribution >= 0.6 is 0 Å². The zero-order valence-corrected chi connectivity index (χ0v) is 12.8. The molecule has 4 rings (SSSR count). The van der Waals surface area contributed by atoms with E-state index in [-0.39, 0.29) is 18.9 Å². The number of nitrogens with zero attached hydrogens (tertiary/aromatic N) is 1. The summed E-state index contributed by atoms with van der Waals surface area (Å²) in [5, 5.41) is 2.87. The van der Waals surface area contributed by atoms with E-state index in [0.717, 1.165) is 26.2 Å². The van der Waals surface area contributed by atoms with E-state index in [1.807, 2.05) is 0 Å². The molecule has 2 saturated heterocycles. The van der Waals surface area contributed by atoms with Gasteiger partial charge >= 0.3 is 6.03 Å². The number of nitrogens with one attached hydrogen (secondary N) is 1. The van der Waals surface area contributed by atoms with Crippen LogP contribution in [0, 0.1) is 5.92 Å². The molecule has 1 aromatic carbocycles. The molecule has 3 aliphatic heterocycles. The van der Waals surface area contributed by atoms with Crippen molar-refractivity contribution in [2.24, 2.45) is 5.92 Å². The van der Waals surface area contributed by atoms with Gasteiger partial charge in [-0.2, -0.15) is 0 Å². The highest BCUT2D eigenvalue weighted by molar-refractivity contribution is 5.90. The van der Waals surface area contributed by atoms with Crippen molar-refractivity contribution < 1.29 is 23.7 Å². The number of carbonyl (C=O) groups excluding carboxylic acids is 1. The molecule has 3 aliphatic rings. The van der Waals surface area contributed by atoms with Gasteiger partial charge in [0.15, 0.2) is 11.5 Å². The molecule has 0 radical (unpaired) electrons. The number of amides is 2. The molecule has 1 aromatic rings. The van der Waals surface area contributed by atoms with Gasteiger partial charge in [-0.3, -0.25) is 0 Å². The third-order valence-electron chi connectivity index (χ3n) is 4.35. The standard InChI is InChI=1S/C16H20N2O5/c19-16(17-12-1-2-14-15(5-12)23-10-22-14)18-6-13(7-18)21-9-11-3-4-20-8-11/h1-2,5,11,13H,3-4,6-10H2,(H,17,19)/t11-/m0/s1. The molecular formula is C16H20N2O5. The molecule has 7 nitrogen and oxygen atoms in total. The van der Waals surface area contributed by atoms with Crippen LogP contribution in [0.4, 0.5) is 10.5 Å². The minimum absolute atomic E-state index is 0.118. The summed E-state index contributed by atoms with van der Waals surface area (Å²) in [4.78, 5) is 13.9. The average molecular weight is 320 g/mol. The first kappa shape index (κ1) is 14.6. The van der Waals surface area contributed by atoms with Gasteiger partial charge in [-0.25, -0.2) is 4.79 Å². The fraction of sp³-hybridized carbons (Fsp3) is 0.562. The van der Waals surface area contributed by atoms with E-state index < -0.39 is 0 Å². The third kappa shape index (κ3) is 3.20. The Morgan fingerprint density at radius 2 is 2.17 bits per heavy atom. The van der Waals surface area contributed by atoms with Crippen molar-refractivity contribution in [3.8, 4) is 11.5 Å². The number of benzene rings is 1. The van der Waals surface area contributed by atoms with E-state index in [4.69, 9.17) is 18.9 Å². The van der Waals surface area contributed by atoms with Crippen LogP contribution in [0.5, 0.6) is 11.5 Å². The normalized spacial score (nSPS) is 23.0. The van der Waals surface area contributed by atoms with Gasteiger partial charge in [0, 0.05) is 24.3 Å². The number of hydrogen-bond acceptors (Lipinski definition) is 5. The Bertz CT molecular complexity index is 582. The van der Waals surface area contributed by atoms with Crippen molar-refractivity contribution in [3.05, 3.63) is 18.2 Å². The van der Waals surface area contributed by atoms with Crippen molar-refractivity contribution in [1.29, 1.82) is 0 Å². The Balaban J connectivity index is 1.22. The van der Waals surface area contributed by atoms with E-state index in [1.165, 1.54) is 0 Å². The van der Waals surface area contributed by atoms with Crippen molar-refractivity contribution in [2.45, 2.75) is 12.5 Å². The Labute approximate surface area is 134 Å². The molecule has 0 aromatic heterocycles. The smallest absolute Gasteiger partial charge is 0.322 e. The molecule has 0 bridgehead atoms. The Hall–Kier alpha value is -1.99. The minimum atomic E-state index is -0.118. The van der Waals surface area contributed by atoms with Gasteiger partial charge in [0.1, 0.15) is 0 Å². The highest BCUT2D eigenvalue weighted by atomic mass is 16.7. The zero-order chi connectivity index (χ0) is 15.6. The zero-order valence-electron chi connectivity index (χ0n) is 12.8. The molecule has 124 valence electrons. The van der Waals surface area contributed by atoms with E-state index in [1.54, 1.807) is 23.1 Å². The number of urea groups is 1. The van der Waals surface area contributed by atoms with Gasteiger partial charge < -0.3 is 29.2 Å². The van der Waals surface area contributed by atoms with E-state index in [0.29, 0.717) is 36.2 Å². The second-order valence-corrected chi connectivity index (χ2v) is 6.09. The largest absolute Gasteiger partial charge is 0.454 e. The summed E-state index contributed by atoms with van der Waals surface area (Å²) in [5.41, 5.74) is 0.701. The van der Waals surface area contributed by atoms with Crippen LogP contribution < -0.4 is 14.8 Å². The number of hydrogen-bond donors (Lipinski definition) is 1. The van der Waals surface area contributed by atoms with Crippen molar-refractivity contribution in [2.75, 3.05) is 45.0 Å². The fourth-order valence-electron chi connectivity index (χ4n) is 2.87. The Morgan fingerprint density at radius 1 is 1.30 bits per heavy atom. The number of ether oxygens (including phenoxy) is 4. The predicted molar refractivity (Wildman–Crippen MR) is 81.8 cm³/mol. The second kappa shape index (κ2) is 6.25. The molecule has 2 amide bonds. The minimum Gasteiger partial charge on any atom is -0.454 e. The lowest BCUT2D eigenvalue weighted by Gasteiger charge is -2.39. The molecular weight excluding hydrogens is 300 g/mol. The Kier molecular flexibility index (Phi) is 3.97. The SMILES string of the molecule is O=C(Nc1ccc2c(c1)OCO2)N1CC(OC[C@H]2CCOC2)C1. The second-order valence-electron chi connectivity index (χ2n) is 6.09. The summed E-state index contributed by atoms with van der Waals surface area (Å²) in [6.45, 7) is 3.84. The fourth-order valence-corrected chi connectivity index (χ4v) is 2.87. The maximum absolute atomic E-state index is 12.2. The molecule has 1 N–H and O–H groups in total. The summed E-state index contributed by atoms with van der Waals surface area (Å²) in [5.74, 6) is 1.87. The summed E-state index contributed by atoms with van der Waals surface area (Å²) in [6, 6.07) is 5.25. The number of likely N-dealkylation sites (tertiary alicyclic amines) is 1. The highest BCUT2D eigenvalue weighted by Gasteiger charge is 2.32. The highest BCUT2D eigenvalue weighted by Crippen LogP contribution is 2.34. The first-order valence-electron chi connectivity index (χ1n) is 7.93. The van der Waals surface area contributed by atoms with Crippen LogP contribution in [-0.2, 0) is 9.47 Å². The lowest BCUT2D eigenvalue weighted by atomic mass is 10.1. The maximum atomic E-state index is 12.2. The topological polar surface area (TPSA) is 69.3 Å². The van der Waals surface area contributed by atoms with Crippen LogP contribution in [-0.4, -0.2) is 56.7 Å². The van der Waals surface area contributed by atoms with Crippen molar-refractivity contribution in [1.82, 2.24) is 4.90 Å². The maximum Gasteiger partial charge on any atom is 0.322 e. The molecule has 0 saturated carbocycles. The van der Waals surface area contributed by atoms with E-state index in [9.17, 15) is 4.79 Å². The number of fused-ring (bicyclic) bond motifs is 1. The first-order chi connectivity index (χ1) is 11.3. The quantitative estimate of drug-likeness (QED) is 0.914. The van der Waals surface area contributed by atoms with E-state index >= 15 is 0 Å². The molecule has 0 spiro atoms. The first-order valence-corrected chi connectivity index (χ1v) is 7.93. The van der Waals surface area contributed by atoms with Crippen LogP contribution in [0.15, 0.2) is 18.2 Å². The summed E-state index contributed by atoms with van der Waals surface area (Å²) >= 11 is 0. The average Bonchev–Trinajstić information content (AvgIpc) is 3.15. The molecule has 0 aliphatic carbocycles. The van der Waals surface area contributed by atoms with E-state index in [2.05, 4.69) is 5.32 Å². The number of anilines is 1. The monoisotopic (exact) mass is 320 g/mol. The van der Waals surface area contributed by atoms with Gasteiger partial charge in [-0.15, -0.1) is 0 Å². The van der Waals surface area contributed by atoms with Gasteiger partial charge in [-0.05, 0) is 18.6 Å². The summed E-state index contributed by atoms with van der Waals surface area (Å²) in [6.07, 6.45) is 1.21. The Morgan fingerprint density at radius 3 is 3.00 bits per heavy atom. The molecule has 7 heteroatoms. The molecule has 3 heterocycles. The van der Waals surface area contributed by atoms with Crippen LogP contribution in [0.3, 0.4) is 0 Å². The lowest BCUT2D eigenvalue weighted by molar-refractivity contribution is -0.0468. The van der Waals surface area contributed by atoms with Crippen molar-refractivity contribution in [3.63, 3.8) is 0 Å². The third-order valence-corrected chi connectivity index (χ3v) is 4.35. The van der Waals surface area contributed by atoms with Crippen LogP contribution in [0.2, 0.25) is 0 Å². The predicted octanol–water partition coefficient (Wildman–Crippen LogP) is 1.68. The van der Waals surface area contributed by atoms with Gasteiger partial charge in [-0.1, -0.05) is 0 Å². The van der Waals surface area contributed by atoms with Gasteiger partial charge in [0.05, 0.1) is 32.4 Å². The van der Waals surface area contributed by atoms with Crippen LogP contribution in [0.25, 0.3) is 0 Å².